The van der Waals surface area contributed by atoms with E-state index in [0.717, 1.165) is 11.4 Å². The number of aryl methyl sites for hydroxylation is 1. The van der Waals surface area contributed by atoms with Gasteiger partial charge in [0.1, 0.15) is 5.75 Å². The third-order valence-corrected chi connectivity index (χ3v) is 3.41. The van der Waals surface area contributed by atoms with Gasteiger partial charge in [-0.15, -0.1) is 0 Å². The number of benzene rings is 2. The van der Waals surface area contributed by atoms with Gasteiger partial charge in [0.15, 0.2) is 5.78 Å². The van der Waals surface area contributed by atoms with Gasteiger partial charge in [-0.05, 0) is 43.7 Å². The number of carbonyl (C=O) groups is 1. The van der Waals surface area contributed by atoms with Crippen LogP contribution in [0.15, 0.2) is 60.3 Å². The Morgan fingerprint density at radius 2 is 1.73 bits per heavy atom. The minimum absolute atomic E-state index is 0.0171. The standard InChI is InChI=1S/C19H21NO2/c1-14-4-6-16(7-5-14)13-20-15(2)12-19(21)17-8-10-18(22-3)11-9-17/h4-12,20H,13H2,1-3H3. The molecule has 2 aromatic carbocycles. The Morgan fingerprint density at radius 3 is 2.32 bits per heavy atom. The molecule has 0 bridgehead atoms. The second kappa shape index (κ2) is 7.46. The maximum absolute atomic E-state index is 12.2. The van der Waals surface area contributed by atoms with Gasteiger partial charge in [0.25, 0.3) is 0 Å². The van der Waals surface area contributed by atoms with Crippen LogP contribution >= 0.6 is 0 Å². The molecule has 0 aliphatic carbocycles. The Balaban J connectivity index is 1.95. The highest BCUT2D eigenvalue weighted by Gasteiger charge is 2.03. The molecule has 0 aromatic heterocycles. The largest absolute Gasteiger partial charge is 0.497 e. The van der Waals surface area contributed by atoms with E-state index >= 15 is 0 Å². The number of ether oxygens (including phenoxy) is 1. The molecule has 0 saturated heterocycles. The summed E-state index contributed by atoms with van der Waals surface area (Å²) in [5.74, 6) is 0.728. The first-order chi connectivity index (χ1) is 10.6. The van der Waals surface area contributed by atoms with Crippen LogP contribution in [0, 0.1) is 6.92 Å². The average Bonchev–Trinajstić information content (AvgIpc) is 2.54. The smallest absolute Gasteiger partial charge is 0.187 e. The van der Waals surface area contributed by atoms with Crippen molar-refractivity contribution in [1.82, 2.24) is 5.32 Å². The lowest BCUT2D eigenvalue weighted by Crippen LogP contribution is -2.12. The van der Waals surface area contributed by atoms with Gasteiger partial charge < -0.3 is 10.1 Å². The summed E-state index contributed by atoms with van der Waals surface area (Å²) in [7, 11) is 1.61. The highest BCUT2D eigenvalue weighted by Crippen LogP contribution is 2.12. The Morgan fingerprint density at radius 1 is 1.09 bits per heavy atom. The van der Waals surface area contributed by atoms with E-state index in [1.54, 1.807) is 37.5 Å². The van der Waals surface area contributed by atoms with Crippen LogP contribution in [0.1, 0.15) is 28.4 Å². The SMILES string of the molecule is COc1ccc(C(=O)C=C(C)NCc2ccc(C)cc2)cc1. The predicted molar refractivity (Wildman–Crippen MR) is 89.1 cm³/mol. The van der Waals surface area contributed by atoms with E-state index in [1.165, 1.54) is 11.1 Å². The van der Waals surface area contributed by atoms with E-state index in [2.05, 4.69) is 36.5 Å². The van der Waals surface area contributed by atoms with Crippen LogP contribution in [0.25, 0.3) is 0 Å². The second-order valence-electron chi connectivity index (χ2n) is 5.26. The Kier molecular flexibility index (Phi) is 5.37. The molecular formula is C19H21NO2. The highest BCUT2D eigenvalue weighted by molar-refractivity contribution is 6.04. The van der Waals surface area contributed by atoms with E-state index < -0.39 is 0 Å². The lowest BCUT2D eigenvalue weighted by molar-refractivity contribution is 0.104. The molecule has 0 saturated carbocycles. The minimum Gasteiger partial charge on any atom is -0.497 e. The van der Waals surface area contributed by atoms with Crippen molar-refractivity contribution >= 4 is 5.78 Å². The summed E-state index contributed by atoms with van der Waals surface area (Å²) in [5, 5.41) is 3.26. The number of allylic oxidation sites excluding steroid dienone is 2. The summed E-state index contributed by atoms with van der Waals surface area (Å²) < 4.78 is 5.09. The number of carbonyl (C=O) groups excluding carboxylic acids is 1. The fourth-order valence-corrected chi connectivity index (χ4v) is 2.03. The Hall–Kier alpha value is -2.55. The Bertz CT molecular complexity index is 655. The van der Waals surface area contributed by atoms with E-state index in [4.69, 9.17) is 4.74 Å². The third kappa shape index (κ3) is 4.48. The summed E-state index contributed by atoms with van der Waals surface area (Å²) in [4.78, 5) is 12.2. The van der Waals surface area contributed by atoms with Gasteiger partial charge >= 0.3 is 0 Å². The molecule has 2 aromatic rings. The summed E-state index contributed by atoms with van der Waals surface area (Å²) in [6, 6.07) is 15.4. The van der Waals surface area contributed by atoms with Crippen LogP contribution in [0.2, 0.25) is 0 Å². The molecule has 0 atom stereocenters. The van der Waals surface area contributed by atoms with Crippen LogP contribution in [-0.2, 0) is 6.54 Å². The molecule has 0 spiro atoms. The topological polar surface area (TPSA) is 38.3 Å². The monoisotopic (exact) mass is 295 g/mol. The maximum atomic E-state index is 12.2. The number of hydrogen-bond acceptors (Lipinski definition) is 3. The number of nitrogens with one attached hydrogen (secondary N) is 1. The molecule has 0 radical (unpaired) electrons. The molecule has 1 N–H and O–H groups in total. The van der Waals surface area contributed by atoms with Crippen molar-refractivity contribution < 1.29 is 9.53 Å². The second-order valence-corrected chi connectivity index (χ2v) is 5.26. The number of methoxy groups -OCH3 is 1. The van der Waals surface area contributed by atoms with Crippen molar-refractivity contribution in [3.05, 3.63) is 77.0 Å². The number of rotatable bonds is 6. The van der Waals surface area contributed by atoms with E-state index in [1.807, 2.05) is 6.92 Å². The fourth-order valence-electron chi connectivity index (χ4n) is 2.03. The van der Waals surface area contributed by atoms with Crippen LogP contribution < -0.4 is 10.1 Å². The normalized spacial score (nSPS) is 11.1. The van der Waals surface area contributed by atoms with Crippen molar-refractivity contribution in [2.24, 2.45) is 0 Å². The summed E-state index contributed by atoms with van der Waals surface area (Å²) in [6.07, 6.45) is 1.62. The number of hydrogen-bond donors (Lipinski definition) is 1. The molecule has 0 amide bonds. The molecule has 0 aliphatic rings. The Labute approximate surface area is 131 Å². The summed E-state index contributed by atoms with van der Waals surface area (Å²) >= 11 is 0. The van der Waals surface area contributed by atoms with Crippen LogP contribution in [0.4, 0.5) is 0 Å². The van der Waals surface area contributed by atoms with Crippen LogP contribution in [0.5, 0.6) is 5.75 Å². The number of ketones is 1. The van der Waals surface area contributed by atoms with Gasteiger partial charge in [-0.3, -0.25) is 4.79 Å². The summed E-state index contributed by atoms with van der Waals surface area (Å²) in [5.41, 5.74) is 3.93. The first kappa shape index (κ1) is 15.8. The van der Waals surface area contributed by atoms with Gasteiger partial charge in [0, 0.05) is 23.9 Å². The lowest BCUT2D eigenvalue weighted by Gasteiger charge is -2.07. The zero-order chi connectivity index (χ0) is 15.9. The van der Waals surface area contributed by atoms with Crippen molar-refractivity contribution in [3.8, 4) is 5.75 Å². The van der Waals surface area contributed by atoms with E-state index in [9.17, 15) is 4.79 Å². The molecule has 0 heterocycles. The highest BCUT2D eigenvalue weighted by atomic mass is 16.5. The maximum Gasteiger partial charge on any atom is 0.187 e. The quantitative estimate of drug-likeness (QED) is 0.649. The van der Waals surface area contributed by atoms with Crippen molar-refractivity contribution in [2.45, 2.75) is 20.4 Å². The van der Waals surface area contributed by atoms with Gasteiger partial charge in [0.2, 0.25) is 0 Å². The molecular weight excluding hydrogens is 274 g/mol. The molecule has 114 valence electrons. The first-order valence-electron chi connectivity index (χ1n) is 7.24. The molecule has 0 aliphatic heterocycles. The average molecular weight is 295 g/mol. The molecule has 22 heavy (non-hydrogen) atoms. The van der Waals surface area contributed by atoms with Crippen LogP contribution in [-0.4, -0.2) is 12.9 Å². The molecule has 0 fully saturated rings. The summed E-state index contributed by atoms with van der Waals surface area (Å²) in [6.45, 7) is 4.67. The molecule has 0 unspecified atom stereocenters. The van der Waals surface area contributed by atoms with Crippen LogP contribution in [0.3, 0.4) is 0 Å². The molecule has 2 rings (SSSR count). The van der Waals surface area contributed by atoms with E-state index in [-0.39, 0.29) is 5.78 Å². The van der Waals surface area contributed by atoms with Gasteiger partial charge in [0.05, 0.1) is 7.11 Å². The molecule has 3 nitrogen and oxygen atoms in total. The van der Waals surface area contributed by atoms with Crippen molar-refractivity contribution in [2.75, 3.05) is 7.11 Å². The lowest BCUT2D eigenvalue weighted by atomic mass is 10.1. The first-order valence-corrected chi connectivity index (χ1v) is 7.24. The van der Waals surface area contributed by atoms with E-state index in [0.29, 0.717) is 12.1 Å². The third-order valence-electron chi connectivity index (χ3n) is 3.41. The zero-order valence-electron chi connectivity index (χ0n) is 13.2. The van der Waals surface area contributed by atoms with Gasteiger partial charge in [-0.2, -0.15) is 0 Å². The fraction of sp³-hybridized carbons (Fsp3) is 0.211. The van der Waals surface area contributed by atoms with Crippen molar-refractivity contribution in [3.63, 3.8) is 0 Å². The van der Waals surface area contributed by atoms with Gasteiger partial charge in [-0.1, -0.05) is 29.8 Å². The predicted octanol–water partition coefficient (Wildman–Crippen LogP) is 3.88. The molecule has 3 heteroatoms. The zero-order valence-corrected chi connectivity index (χ0v) is 13.2. The van der Waals surface area contributed by atoms with Gasteiger partial charge in [-0.25, -0.2) is 0 Å². The van der Waals surface area contributed by atoms with Crippen molar-refractivity contribution in [1.29, 1.82) is 0 Å². The minimum atomic E-state index is -0.0171.